The molecule has 0 aromatic heterocycles. The van der Waals surface area contributed by atoms with Gasteiger partial charge in [0.2, 0.25) is 5.43 Å². The Morgan fingerprint density at radius 3 is 2.67 bits per heavy atom. The van der Waals surface area contributed by atoms with Crippen LogP contribution in [0.3, 0.4) is 0 Å². The lowest BCUT2D eigenvalue weighted by molar-refractivity contribution is 0.474. The minimum Gasteiger partial charge on any atom is -0.506 e. The molecule has 0 saturated carbocycles. The van der Waals surface area contributed by atoms with E-state index in [1.165, 1.54) is 24.3 Å². The molecule has 4 nitrogen and oxygen atoms in total. The number of aromatic nitrogens is 1. The Bertz CT molecular complexity index is 797. The molecule has 0 atom stereocenters. The molecule has 1 N–H and O–H groups in total. The van der Waals surface area contributed by atoms with Crippen LogP contribution in [0.1, 0.15) is 0 Å². The van der Waals surface area contributed by atoms with Crippen LogP contribution in [0.2, 0.25) is 10.0 Å². The van der Waals surface area contributed by atoms with Crippen molar-refractivity contribution in [2.75, 3.05) is 0 Å². The van der Waals surface area contributed by atoms with Crippen molar-refractivity contribution in [3.63, 3.8) is 0 Å². The first kappa shape index (κ1) is 11.3. The molecule has 0 saturated heterocycles. The summed E-state index contributed by atoms with van der Waals surface area (Å²) in [6, 6.07) is 5.52. The molecule has 18 heavy (non-hydrogen) atoms. The second-order valence-electron chi connectivity index (χ2n) is 3.74. The number of hydrogen-bond acceptors (Lipinski definition) is 4. The predicted molar refractivity (Wildman–Crippen MR) is 68.6 cm³/mol. The van der Waals surface area contributed by atoms with Crippen molar-refractivity contribution in [2.24, 2.45) is 0 Å². The molecule has 0 amide bonds. The van der Waals surface area contributed by atoms with E-state index in [9.17, 15) is 9.90 Å². The molecular formula is C12H5Cl2NO3. The molecule has 1 heterocycles. The fourth-order valence-corrected chi connectivity index (χ4v) is 1.96. The third kappa shape index (κ3) is 1.70. The Kier molecular flexibility index (Phi) is 2.43. The van der Waals surface area contributed by atoms with Gasteiger partial charge in [0.1, 0.15) is 17.0 Å². The summed E-state index contributed by atoms with van der Waals surface area (Å²) in [5.74, 6) is 0.198. The Morgan fingerprint density at radius 2 is 1.89 bits per heavy atom. The van der Waals surface area contributed by atoms with Gasteiger partial charge < -0.3 is 9.52 Å². The van der Waals surface area contributed by atoms with E-state index in [0.717, 1.165) is 0 Å². The largest absolute Gasteiger partial charge is 0.506 e. The summed E-state index contributed by atoms with van der Waals surface area (Å²) >= 11 is 11.5. The number of hydrogen-bond donors (Lipinski definition) is 1. The molecule has 0 bridgehead atoms. The van der Waals surface area contributed by atoms with Gasteiger partial charge in [-0.1, -0.05) is 23.2 Å². The Balaban J connectivity index is 2.45. The van der Waals surface area contributed by atoms with Gasteiger partial charge in [-0.2, -0.15) is 0 Å². The van der Waals surface area contributed by atoms with E-state index in [1.807, 2.05) is 0 Å². The zero-order chi connectivity index (χ0) is 12.9. The molecule has 0 fully saturated rings. The highest BCUT2D eigenvalue weighted by Gasteiger charge is 2.13. The maximum Gasteiger partial charge on any atom is 0.201 e. The average Bonchev–Trinajstić information content (AvgIpc) is 2.31. The number of benzene rings is 2. The van der Waals surface area contributed by atoms with Gasteiger partial charge in [0.25, 0.3) is 0 Å². The van der Waals surface area contributed by atoms with Crippen molar-refractivity contribution in [3.05, 3.63) is 44.5 Å². The molecule has 1 aliphatic heterocycles. The van der Waals surface area contributed by atoms with Crippen LogP contribution < -0.4 is 5.43 Å². The lowest BCUT2D eigenvalue weighted by Crippen LogP contribution is -2.02. The molecule has 6 heteroatoms. The smallest absolute Gasteiger partial charge is 0.201 e. The zero-order valence-electron chi connectivity index (χ0n) is 8.78. The average molecular weight is 282 g/mol. The molecule has 0 radical (unpaired) electrons. The first-order valence-corrected chi connectivity index (χ1v) is 5.73. The van der Waals surface area contributed by atoms with E-state index in [1.54, 1.807) is 0 Å². The third-order valence-electron chi connectivity index (χ3n) is 2.50. The lowest BCUT2D eigenvalue weighted by atomic mass is 10.2. The molecule has 90 valence electrons. The van der Waals surface area contributed by atoms with E-state index in [0.29, 0.717) is 22.6 Å². The van der Waals surface area contributed by atoms with Crippen LogP contribution in [0, 0.1) is 0 Å². The topological polar surface area (TPSA) is 63.3 Å². The van der Waals surface area contributed by atoms with Crippen LogP contribution in [0.25, 0.3) is 22.6 Å². The Hall–Kier alpha value is -1.78. The highest BCUT2D eigenvalue weighted by molar-refractivity contribution is 6.32. The van der Waals surface area contributed by atoms with E-state index in [4.69, 9.17) is 27.6 Å². The minimum absolute atomic E-state index is 0.0782. The van der Waals surface area contributed by atoms with Gasteiger partial charge >= 0.3 is 0 Å². The van der Waals surface area contributed by atoms with Gasteiger partial charge in [-0.25, -0.2) is 4.98 Å². The second kappa shape index (κ2) is 3.86. The maximum atomic E-state index is 11.4. The zero-order valence-corrected chi connectivity index (χ0v) is 10.3. The van der Waals surface area contributed by atoms with Crippen molar-refractivity contribution in [2.45, 2.75) is 0 Å². The number of aromatic hydroxyl groups is 1. The Morgan fingerprint density at radius 1 is 1.11 bits per heavy atom. The first-order chi connectivity index (χ1) is 8.54. The summed E-state index contributed by atoms with van der Waals surface area (Å²) in [4.78, 5) is 15.7. The number of fused-ring (bicyclic) bond motifs is 2. The van der Waals surface area contributed by atoms with E-state index < -0.39 is 0 Å². The summed E-state index contributed by atoms with van der Waals surface area (Å²) in [5, 5.41) is 9.74. The van der Waals surface area contributed by atoms with E-state index in [-0.39, 0.29) is 21.2 Å². The molecule has 1 aromatic rings. The van der Waals surface area contributed by atoms with Crippen molar-refractivity contribution in [1.29, 1.82) is 0 Å². The molecule has 3 rings (SSSR count). The molecule has 0 spiro atoms. The number of phenols is 1. The summed E-state index contributed by atoms with van der Waals surface area (Å²) in [7, 11) is 0. The minimum atomic E-state index is -0.341. The standard InChI is InChI=1S/C12H5Cl2NO3/c13-5-1-7-11(3-9(5)16)18-12-4-10(17)6(14)2-8(12)15-7/h1-4,16H. The fourth-order valence-electron chi connectivity index (χ4n) is 1.64. The molecule has 2 aliphatic rings. The van der Waals surface area contributed by atoms with Gasteiger partial charge in [0.15, 0.2) is 11.3 Å². The quantitative estimate of drug-likeness (QED) is 0.642. The fraction of sp³-hybridized carbons (Fsp3) is 0. The summed E-state index contributed by atoms with van der Waals surface area (Å²) in [5.41, 5.74) is 0.923. The predicted octanol–water partition coefficient (Wildman–Crippen LogP) is 3.31. The molecule has 1 aliphatic carbocycles. The second-order valence-corrected chi connectivity index (χ2v) is 4.55. The monoisotopic (exact) mass is 281 g/mol. The van der Waals surface area contributed by atoms with Crippen molar-refractivity contribution < 1.29 is 9.52 Å². The number of phenolic OH excluding ortho intramolecular Hbond substituents is 1. The van der Waals surface area contributed by atoms with Crippen LogP contribution in [-0.4, -0.2) is 10.1 Å². The van der Waals surface area contributed by atoms with Gasteiger partial charge in [-0.3, -0.25) is 4.79 Å². The lowest BCUT2D eigenvalue weighted by Gasteiger charge is -2.07. The highest BCUT2D eigenvalue weighted by atomic mass is 35.5. The normalized spacial score (nSPS) is 11.2. The number of halogens is 2. The first-order valence-electron chi connectivity index (χ1n) is 4.97. The summed E-state index contributed by atoms with van der Waals surface area (Å²) < 4.78 is 5.48. The van der Waals surface area contributed by atoms with Crippen molar-refractivity contribution >= 4 is 34.3 Å². The molecule has 1 aromatic carbocycles. The van der Waals surface area contributed by atoms with Gasteiger partial charge in [-0.15, -0.1) is 0 Å². The summed E-state index contributed by atoms with van der Waals surface area (Å²) in [6.07, 6.45) is 0. The van der Waals surface area contributed by atoms with Gasteiger partial charge in [0, 0.05) is 12.1 Å². The number of rotatable bonds is 0. The third-order valence-corrected chi connectivity index (χ3v) is 3.10. The van der Waals surface area contributed by atoms with E-state index in [2.05, 4.69) is 4.98 Å². The SMILES string of the molecule is O=c1cc2oc3cc(O)c(Cl)cc3nc-2cc1Cl. The van der Waals surface area contributed by atoms with Crippen molar-refractivity contribution in [3.8, 4) is 17.2 Å². The maximum absolute atomic E-state index is 11.4. The highest BCUT2D eigenvalue weighted by Crippen LogP contribution is 2.31. The van der Waals surface area contributed by atoms with Crippen molar-refractivity contribution in [1.82, 2.24) is 4.98 Å². The van der Waals surface area contributed by atoms with Crippen LogP contribution >= 0.6 is 23.2 Å². The van der Waals surface area contributed by atoms with Crippen LogP contribution in [0.15, 0.2) is 33.5 Å². The van der Waals surface area contributed by atoms with Crippen LogP contribution in [0.5, 0.6) is 5.75 Å². The van der Waals surface area contributed by atoms with Crippen LogP contribution in [-0.2, 0) is 0 Å². The molecule has 0 unspecified atom stereocenters. The van der Waals surface area contributed by atoms with E-state index >= 15 is 0 Å². The van der Waals surface area contributed by atoms with Gasteiger partial charge in [0.05, 0.1) is 10.0 Å². The van der Waals surface area contributed by atoms with Crippen LogP contribution in [0.4, 0.5) is 0 Å². The summed E-state index contributed by atoms with van der Waals surface area (Å²) in [6.45, 7) is 0. The Labute approximate surface area is 111 Å². The number of nitrogens with zero attached hydrogens (tertiary/aromatic N) is 1. The van der Waals surface area contributed by atoms with Gasteiger partial charge in [-0.05, 0) is 12.1 Å². The molecular weight excluding hydrogens is 277 g/mol.